The van der Waals surface area contributed by atoms with Gasteiger partial charge in [-0.15, -0.1) is 0 Å². The second-order valence-corrected chi connectivity index (χ2v) is 8.59. The van der Waals surface area contributed by atoms with Gasteiger partial charge in [0.15, 0.2) is 0 Å². The second-order valence-electron chi connectivity index (χ2n) is 4.86. The van der Waals surface area contributed by atoms with E-state index in [0.717, 1.165) is 0 Å². The summed E-state index contributed by atoms with van der Waals surface area (Å²) in [6, 6.07) is 17.2. The molecule has 0 nitrogen and oxygen atoms in total. The molecule has 0 heterocycles. The molecule has 107 valence electrons. The van der Waals surface area contributed by atoms with E-state index in [0.29, 0.717) is 0 Å². The van der Waals surface area contributed by atoms with Gasteiger partial charge in [-0.25, -0.2) is 0 Å². The molecule has 2 aromatic carbocycles. The fraction of sp³-hybridized carbons (Fsp3) is 0.167. The van der Waals surface area contributed by atoms with Gasteiger partial charge in [0.2, 0.25) is 0 Å². The zero-order valence-electron chi connectivity index (χ0n) is 11.9. The van der Waals surface area contributed by atoms with Crippen molar-refractivity contribution in [3.05, 3.63) is 71.7 Å². The third-order valence-electron chi connectivity index (χ3n) is 3.43. The topological polar surface area (TPSA) is 0 Å². The van der Waals surface area contributed by atoms with Gasteiger partial charge in [-0.05, 0) is 28.7 Å². The Labute approximate surface area is 145 Å². The third kappa shape index (κ3) is 4.55. The minimum atomic E-state index is -0.826. The summed E-state index contributed by atoms with van der Waals surface area (Å²) >= 11 is -0.826. The van der Waals surface area contributed by atoms with Crippen LogP contribution in [0.1, 0.15) is 30.9 Å². The van der Waals surface area contributed by atoms with Crippen LogP contribution in [0.3, 0.4) is 0 Å². The third-order valence-corrected chi connectivity index (χ3v) is 3.43. The molecule has 0 fully saturated rings. The predicted octanol–water partition coefficient (Wildman–Crippen LogP) is 6.48. The molecule has 0 spiro atoms. The Kier molecular flexibility index (Phi) is 7.23. The van der Waals surface area contributed by atoms with Gasteiger partial charge in [0.1, 0.15) is 0 Å². The Hall–Kier alpha value is -0.357. The molecule has 0 atom stereocenters. The molecule has 1 aliphatic carbocycles. The maximum atomic E-state index is 4.93. The number of hydrogen-bond donors (Lipinski definition) is 0. The summed E-state index contributed by atoms with van der Waals surface area (Å²) in [5, 5.41) is 0. The molecule has 0 amide bonds. The zero-order chi connectivity index (χ0) is 15.1. The average Bonchev–Trinajstić information content (AvgIpc) is 2.91. The monoisotopic (exact) mass is 393 g/mol. The molecular weight excluding hydrogens is 378 g/mol. The van der Waals surface area contributed by atoms with Gasteiger partial charge in [0, 0.05) is 6.42 Å². The first-order valence-corrected chi connectivity index (χ1v) is 13.3. The molecule has 3 heteroatoms. The van der Waals surface area contributed by atoms with E-state index in [1.807, 2.05) is 0 Å². The molecule has 1 aliphatic rings. The summed E-state index contributed by atoms with van der Waals surface area (Å²) in [6.07, 6.45) is 7.05. The van der Waals surface area contributed by atoms with E-state index < -0.39 is 20.8 Å². The molecule has 0 aliphatic heterocycles. The fourth-order valence-electron chi connectivity index (χ4n) is 2.60. The van der Waals surface area contributed by atoms with Crippen LogP contribution in [-0.4, -0.2) is 0 Å². The Bertz CT molecular complexity index is 606. The van der Waals surface area contributed by atoms with Crippen molar-refractivity contribution in [3.8, 4) is 11.1 Å². The molecule has 1 radical (unpaired) electrons. The van der Waals surface area contributed by atoms with Crippen molar-refractivity contribution in [1.82, 2.24) is 0 Å². The Balaban J connectivity index is 0.000000497. The number of allylic oxidation sites excluding steroid dienone is 1. The Morgan fingerprint density at radius 1 is 0.952 bits per heavy atom. The number of fused-ring (bicyclic) bond motifs is 1. The quantitative estimate of drug-likeness (QED) is 0.558. The molecule has 0 unspecified atom stereocenters. The first-order chi connectivity index (χ1) is 10.3. The van der Waals surface area contributed by atoms with Crippen LogP contribution in [-0.2, 0) is 20.8 Å². The summed E-state index contributed by atoms with van der Waals surface area (Å²) in [7, 11) is 9.87. The van der Waals surface area contributed by atoms with Gasteiger partial charge < -0.3 is 0 Å². The maximum absolute atomic E-state index is 4.93. The first kappa shape index (κ1) is 17.0. The molecule has 0 saturated carbocycles. The van der Waals surface area contributed by atoms with Gasteiger partial charge in [0.25, 0.3) is 0 Å². The standard InChI is InChI=1S/C18H17.2ClH.Zr/c1-2-7-14-12-16-10-6-11-17(18(16)13-14)15-8-4-3-5-9-15;;;/h3-6,8-13H,2,7H2,1H3;2*1H;/q;;;+2/p-2. The van der Waals surface area contributed by atoms with Crippen molar-refractivity contribution in [3.63, 3.8) is 0 Å². The van der Waals surface area contributed by atoms with Crippen molar-refractivity contribution < 1.29 is 20.8 Å². The molecule has 0 saturated heterocycles. The number of halogens is 2. The van der Waals surface area contributed by atoms with E-state index in [4.69, 9.17) is 17.0 Å². The van der Waals surface area contributed by atoms with Gasteiger partial charge in [-0.1, -0.05) is 73.5 Å². The normalized spacial score (nSPS) is 12.0. The Morgan fingerprint density at radius 2 is 1.67 bits per heavy atom. The summed E-state index contributed by atoms with van der Waals surface area (Å²) < 4.78 is 0. The van der Waals surface area contributed by atoms with Gasteiger partial charge in [-0.2, -0.15) is 0 Å². The van der Waals surface area contributed by atoms with E-state index in [1.54, 1.807) is 0 Å². The molecule has 21 heavy (non-hydrogen) atoms. The summed E-state index contributed by atoms with van der Waals surface area (Å²) in [6.45, 7) is 2.23. The van der Waals surface area contributed by atoms with E-state index in [9.17, 15) is 0 Å². The SMILES string of the molecule is CCCC1=Cc2c(cccc2-c2ccccc2)[CH]1.[Cl][Zr][Cl]. The summed E-state index contributed by atoms with van der Waals surface area (Å²) in [5.74, 6) is 0. The first-order valence-electron chi connectivity index (χ1n) is 7.00. The van der Waals surface area contributed by atoms with E-state index in [2.05, 4.69) is 68.0 Å². The van der Waals surface area contributed by atoms with E-state index >= 15 is 0 Å². The Morgan fingerprint density at radius 3 is 2.33 bits per heavy atom. The molecule has 0 N–H and O–H groups in total. The van der Waals surface area contributed by atoms with E-state index in [1.165, 1.54) is 40.7 Å². The number of rotatable bonds is 3. The predicted molar refractivity (Wildman–Crippen MR) is 89.9 cm³/mol. The van der Waals surface area contributed by atoms with Gasteiger partial charge in [0.05, 0.1) is 0 Å². The van der Waals surface area contributed by atoms with Crippen LogP contribution in [0.2, 0.25) is 0 Å². The molecule has 0 bridgehead atoms. The van der Waals surface area contributed by atoms with Crippen molar-refractivity contribution in [2.75, 3.05) is 0 Å². The molecular formula is C18H17Cl2Zr. The summed E-state index contributed by atoms with van der Waals surface area (Å²) in [5.41, 5.74) is 6.84. The van der Waals surface area contributed by atoms with Crippen LogP contribution in [0.5, 0.6) is 0 Å². The average molecular weight is 395 g/mol. The van der Waals surface area contributed by atoms with Crippen LogP contribution in [0, 0.1) is 6.42 Å². The van der Waals surface area contributed by atoms with Gasteiger partial charge >= 0.3 is 37.9 Å². The second kappa shape index (κ2) is 8.93. The zero-order valence-corrected chi connectivity index (χ0v) is 15.9. The molecule has 0 aromatic heterocycles. The van der Waals surface area contributed by atoms with E-state index in [-0.39, 0.29) is 0 Å². The van der Waals surface area contributed by atoms with Crippen molar-refractivity contribution in [2.45, 2.75) is 19.8 Å². The fourth-order valence-corrected chi connectivity index (χ4v) is 2.60. The number of benzene rings is 2. The van der Waals surface area contributed by atoms with Crippen LogP contribution in [0.15, 0.2) is 54.1 Å². The summed E-state index contributed by atoms with van der Waals surface area (Å²) in [4.78, 5) is 0. The van der Waals surface area contributed by atoms with Crippen LogP contribution < -0.4 is 0 Å². The molecule has 2 aromatic rings. The van der Waals surface area contributed by atoms with Crippen LogP contribution in [0.4, 0.5) is 0 Å². The van der Waals surface area contributed by atoms with Gasteiger partial charge in [-0.3, -0.25) is 0 Å². The number of hydrogen-bond acceptors (Lipinski definition) is 0. The van der Waals surface area contributed by atoms with Crippen molar-refractivity contribution in [1.29, 1.82) is 0 Å². The van der Waals surface area contributed by atoms with Crippen molar-refractivity contribution >= 4 is 23.1 Å². The van der Waals surface area contributed by atoms with Crippen molar-refractivity contribution in [2.24, 2.45) is 0 Å². The minimum absolute atomic E-state index is 0.826. The van der Waals surface area contributed by atoms with Crippen LogP contribution in [0.25, 0.3) is 17.2 Å². The van der Waals surface area contributed by atoms with Crippen LogP contribution >= 0.6 is 17.0 Å². The molecule has 3 rings (SSSR count).